The molecule has 494 valence electrons. The second-order valence-electron chi connectivity index (χ2n) is 18.4. The first-order chi connectivity index (χ1) is 42.9. The summed E-state index contributed by atoms with van der Waals surface area (Å²) in [6.45, 7) is 7.02. The topological polar surface area (TPSA) is 293 Å². The molecule has 0 atom stereocenters. The van der Waals surface area contributed by atoms with Crippen molar-refractivity contribution in [3.8, 4) is 11.5 Å². The van der Waals surface area contributed by atoms with E-state index in [2.05, 4.69) is 55.8 Å². The highest BCUT2D eigenvalue weighted by Gasteiger charge is 2.19. The molecular formula is C60H86I2N2O24. The summed E-state index contributed by atoms with van der Waals surface area (Å²) in [5, 5.41) is 5.56. The Morgan fingerprint density at radius 3 is 0.795 bits per heavy atom. The lowest BCUT2D eigenvalue weighted by Gasteiger charge is -2.14. The van der Waals surface area contributed by atoms with Crippen molar-refractivity contribution in [3.05, 3.63) is 77.9 Å². The van der Waals surface area contributed by atoms with Gasteiger partial charge in [-0.15, -0.1) is 0 Å². The quantitative estimate of drug-likeness (QED) is 0.0260. The van der Waals surface area contributed by atoms with Crippen LogP contribution in [0.25, 0.3) is 0 Å². The summed E-state index contributed by atoms with van der Waals surface area (Å²) in [6.07, 6.45) is 2.26. The van der Waals surface area contributed by atoms with Crippen molar-refractivity contribution >= 4 is 92.2 Å². The molecule has 88 heavy (non-hydrogen) atoms. The number of hydrogen-bond acceptors (Lipinski definition) is 24. The van der Waals surface area contributed by atoms with Crippen molar-refractivity contribution < 1.29 is 114 Å². The summed E-state index contributed by atoms with van der Waals surface area (Å²) in [6, 6.07) is 12.1. The van der Waals surface area contributed by atoms with E-state index in [0.717, 1.165) is 7.14 Å². The van der Waals surface area contributed by atoms with Gasteiger partial charge in [-0.2, -0.15) is 0 Å². The summed E-state index contributed by atoms with van der Waals surface area (Å²) >= 11 is 4.33. The molecule has 0 saturated carbocycles. The van der Waals surface area contributed by atoms with Gasteiger partial charge in [-0.1, -0.05) is 0 Å². The zero-order valence-corrected chi connectivity index (χ0v) is 55.1. The number of methoxy groups -OCH3 is 4. The predicted octanol–water partition coefficient (Wildman–Crippen LogP) is 6.62. The molecule has 2 amide bonds. The highest BCUT2D eigenvalue weighted by Crippen LogP contribution is 2.32. The molecule has 2 N–H and O–H groups in total. The minimum atomic E-state index is -0.728. The fraction of sp³-hybridized carbons (Fsp3) is 0.600. The van der Waals surface area contributed by atoms with Gasteiger partial charge in [0.25, 0.3) is 0 Å². The minimum Gasteiger partial charge on any atom is -0.492 e. The van der Waals surface area contributed by atoms with Crippen LogP contribution in [0.5, 0.6) is 11.5 Å². The number of halogens is 2. The van der Waals surface area contributed by atoms with Gasteiger partial charge in [-0.25, -0.2) is 19.2 Å². The van der Waals surface area contributed by atoms with Crippen LogP contribution in [0.3, 0.4) is 0 Å². The van der Waals surface area contributed by atoms with E-state index in [1.54, 1.807) is 28.4 Å². The van der Waals surface area contributed by atoms with E-state index in [1.165, 1.54) is 36.4 Å². The third-order valence-electron chi connectivity index (χ3n) is 11.5. The zero-order valence-electron chi connectivity index (χ0n) is 50.8. The number of carbonyl (C=O) groups excluding carboxylic acids is 6. The van der Waals surface area contributed by atoms with E-state index >= 15 is 0 Å². The molecule has 0 unspecified atom stereocenters. The number of ether oxygens (including phenoxy) is 18. The van der Waals surface area contributed by atoms with Crippen molar-refractivity contribution in [3.63, 3.8) is 0 Å². The van der Waals surface area contributed by atoms with Crippen LogP contribution >= 0.6 is 45.2 Å². The fourth-order valence-electron chi connectivity index (χ4n) is 7.15. The van der Waals surface area contributed by atoms with Crippen LogP contribution in [0.2, 0.25) is 0 Å². The highest BCUT2D eigenvalue weighted by atomic mass is 127. The van der Waals surface area contributed by atoms with Gasteiger partial charge in [-0.3, -0.25) is 9.59 Å². The molecule has 26 nitrogen and oxygen atoms in total. The first-order valence-electron chi connectivity index (χ1n) is 28.8. The van der Waals surface area contributed by atoms with Crippen LogP contribution in [-0.2, 0) is 85.4 Å². The van der Waals surface area contributed by atoms with E-state index < -0.39 is 23.9 Å². The number of carbonyl (C=O) groups is 6. The summed E-state index contributed by atoms with van der Waals surface area (Å²) < 4.78 is 98.4. The smallest absolute Gasteiger partial charge is 0.338 e. The van der Waals surface area contributed by atoms with Crippen molar-refractivity contribution in [2.45, 2.75) is 38.5 Å². The number of rotatable bonds is 54. The van der Waals surface area contributed by atoms with Gasteiger partial charge in [0.05, 0.1) is 175 Å². The average Bonchev–Trinajstić information content (AvgIpc) is 2.32. The summed E-state index contributed by atoms with van der Waals surface area (Å²) in [5.41, 5.74) is 0.511. The Bertz CT molecular complexity index is 2190. The molecule has 0 spiro atoms. The van der Waals surface area contributed by atoms with Gasteiger partial charge in [0.2, 0.25) is 11.8 Å². The molecule has 0 heterocycles. The number of nitrogens with one attached hydrogen (secondary N) is 2. The maximum atomic E-state index is 13.2. The minimum absolute atomic E-state index is 0.0260. The normalized spacial score (nSPS) is 11.1. The number of unbranched alkanes of at least 4 members (excludes halogenated alkanes) is 2. The molecule has 3 aromatic carbocycles. The summed E-state index contributed by atoms with van der Waals surface area (Å²) in [7, 11) is 6.32. The van der Waals surface area contributed by atoms with E-state index in [0.29, 0.717) is 156 Å². The maximum absolute atomic E-state index is 13.2. The number of anilines is 2. The Balaban J connectivity index is 1.47. The van der Waals surface area contributed by atoms with Gasteiger partial charge in [0, 0.05) is 52.7 Å². The Morgan fingerprint density at radius 2 is 0.545 bits per heavy atom. The molecule has 0 aliphatic heterocycles. The SMILES string of the molecule is COCCOCCOCCOC(=O)c1cc(NC(=O)CCCCOc2cc(I)c(OCCCCC(=O)Nc3cc(C(=O)OCCOCCOCCOC)cc(C(=O)OCCOCCOCCOC)c3)cc2I)cc(C(=O)OCCOCCOCCOC)c1. The van der Waals surface area contributed by atoms with Crippen LogP contribution in [0.1, 0.15) is 80.0 Å². The molecular weight excluding hydrogens is 1390 g/mol. The van der Waals surface area contributed by atoms with E-state index in [1.807, 2.05) is 12.1 Å². The van der Waals surface area contributed by atoms with Crippen molar-refractivity contribution in [1.82, 2.24) is 0 Å². The van der Waals surface area contributed by atoms with Crippen molar-refractivity contribution in [2.24, 2.45) is 0 Å². The van der Waals surface area contributed by atoms with Crippen LogP contribution in [0.4, 0.5) is 11.4 Å². The van der Waals surface area contributed by atoms with Gasteiger partial charge < -0.3 is 95.9 Å². The molecule has 0 aliphatic carbocycles. The molecule has 3 aromatic rings. The first-order valence-corrected chi connectivity index (χ1v) is 30.9. The molecule has 0 aliphatic rings. The number of amides is 2. The molecule has 0 radical (unpaired) electrons. The van der Waals surface area contributed by atoms with Crippen molar-refractivity contribution in [1.29, 1.82) is 0 Å². The standard InChI is InChI=1S/C60H86I2N2O24/c1-71-13-17-75-21-25-79-29-33-85-57(67)45-37-46(58(68)86-34-30-80-26-22-76-18-14-72-2)40-49(39-45)63-55(65)9-5-7-11-83-53-43-52(62)54(44-51(53)61)84-12-8-6-10-56(66)64-50-41-47(59(69)87-35-31-81-27-23-77-19-15-73-3)38-48(42-50)60(70)88-36-32-82-28-24-78-20-16-74-4/h37-44H,5-36H2,1-4H3,(H,63,65)(H,64,66). The first kappa shape index (κ1) is 77.3. The largest absolute Gasteiger partial charge is 0.492 e. The van der Waals surface area contributed by atoms with Crippen LogP contribution < -0.4 is 20.1 Å². The van der Waals surface area contributed by atoms with Crippen LogP contribution in [0.15, 0.2) is 48.5 Å². The van der Waals surface area contributed by atoms with Gasteiger partial charge in [-0.05, 0) is 119 Å². The second kappa shape index (κ2) is 50.8. The lowest BCUT2D eigenvalue weighted by Crippen LogP contribution is -2.17. The molecule has 28 heteroatoms. The highest BCUT2D eigenvalue weighted by molar-refractivity contribution is 14.1. The van der Waals surface area contributed by atoms with Crippen molar-refractivity contribution in [2.75, 3.05) is 211 Å². The van der Waals surface area contributed by atoms with Crippen LogP contribution in [0, 0.1) is 7.14 Å². The van der Waals surface area contributed by atoms with Gasteiger partial charge in [0.15, 0.2) is 0 Å². The molecule has 0 aromatic heterocycles. The zero-order chi connectivity index (χ0) is 63.7. The monoisotopic (exact) mass is 1470 g/mol. The van der Waals surface area contributed by atoms with Gasteiger partial charge >= 0.3 is 23.9 Å². The molecule has 0 fully saturated rings. The van der Waals surface area contributed by atoms with Gasteiger partial charge in [0.1, 0.15) is 37.9 Å². The number of benzene rings is 3. The Hall–Kier alpha value is -4.94. The molecule has 0 saturated heterocycles. The average molecular weight is 1470 g/mol. The Kier molecular flexibility index (Phi) is 44.6. The van der Waals surface area contributed by atoms with E-state index in [-0.39, 0.29) is 111 Å². The Morgan fingerprint density at radius 1 is 0.307 bits per heavy atom. The number of esters is 4. The van der Waals surface area contributed by atoms with E-state index in [9.17, 15) is 28.8 Å². The predicted molar refractivity (Wildman–Crippen MR) is 336 cm³/mol. The lowest BCUT2D eigenvalue weighted by atomic mass is 10.1. The third-order valence-corrected chi connectivity index (χ3v) is 13.2. The van der Waals surface area contributed by atoms with E-state index in [4.69, 9.17) is 85.3 Å². The molecule has 3 rings (SSSR count). The molecule has 0 bridgehead atoms. The fourth-order valence-corrected chi connectivity index (χ4v) is 8.34. The second-order valence-corrected chi connectivity index (χ2v) is 20.8. The summed E-state index contributed by atoms with van der Waals surface area (Å²) in [4.78, 5) is 78.8. The summed E-state index contributed by atoms with van der Waals surface area (Å²) in [5.74, 6) is -2.32. The lowest BCUT2D eigenvalue weighted by molar-refractivity contribution is -0.117. The third kappa shape index (κ3) is 36.7. The Labute approximate surface area is 542 Å². The number of hydrogen-bond donors (Lipinski definition) is 2. The maximum Gasteiger partial charge on any atom is 0.338 e. The van der Waals surface area contributed by atoms with Crippen LogP contribution in [-0.4, -0.2) is 236 Å².